The fraction of sp³-hybridized carbons (Fsp3) is 0.692. The second-order valence-corrected chi connectivity index (χ2v) is 7.14. The van der Waals surface area contributed by atoms with Crippen molar-refractivity contribution in [2.75, 3.05) is 26.2 Å². The fourth-order valence-electron chi connectivity index (χ4n) is 2.38. The van der Waals surface area contributed by atoms with Gasteiger partial charge in [0.25, 0.3) is 0 Å². The summed E-state index contributed by atoms with van der Waals surface area (Å²) in [7, 11) is 0. The monoisotopic (exact) mass is 306 g/mol. The third-order valence-corrected chi connectivity index (χ3v) is 4.99. The van der Waals surface area contributed by atoms with Crippen molar-refractivity contribution in [2.24, 2.45) is 0 Å². The third kappa shape index (κ3) is 4.10. The van der Waals surface area contributed by atoms with E-state index in [-0.39, 0.29) is 6.04 Å². The summed E-state index contributed by atoms with van der Waals surface area (Å²) in [4.78, 5) is 2.53. The van der Waals surface area contributed by atoms with Gasteiger partial charge in [-0.25, -0.2) is 0 Å². The Morgan fingerprint density at radius 3 is 2.67 bits per heavy atom. The number of hydrogen-bond donors (Lipinski definition) is 1. The fourth-order valence-corrected chi connectivity index (χ4v) is 4.03. The minimum Gasteiger partial charge on any atom is -0.309 e. The van der Waals surface area contributed by atoms with E-state index >= 15 is 0 Å². The normalized spacial score (nSPS) is 19.1. The SMILES string of the molecule is CC(NCCN1CCCCC1)c1cc(Cl)sc1Cl. The van der Waals surface area contributed by atoms with Crippen molar-refractivity contribution in [2.45, 2.75) is 32.2 Å². The lowest BCUT2D eigenvalue weighted by atomic mass is 10.1. The number of likely N-dealkylation sites (tertiary alicyclic amines) is 1. The van der Waals surface area contributed by atoms with E-state index in [0.29, 0.717) is 0 Å². The molecule has 0 amide bonds. The highest BCUT2D eigenvalue weighted by molar-refractivity contribution is 7.20. The highest BCUT2D eigenvalue weighted by atomic mass is 35.5. The molecule has 1 aromatic heterocycles. The van der Waals surface area contributed by atoms with Gasteiger partial charge < -0.3 is 10.2 Å². The summed E-state index contributed by atoms with van der Waals surface area (Å²) in [5.41, 5.74) is 1.12. The van der Waals surface area contributed by atoms with Crippen molar-refractivity contribution in [1.82, 2.24) is 10.2 Å². The van der Waals surface area contributed by atoms with Crippen molar-refractivity contribution in [3.8, 4) is 0 Å². The molecule has 1 aliphatic rings. The first-order chi connectivity index (χ1) is 8.66. The molecule has 0 aliphatic carbocycles. The molecule has 102 valence electrons. The number of thiophene rings is 1. The standard InChI is InChI=1S/C13H20Cl2N2S/c1-10(11-9-12(14)18-13(11)15)16-5-8-17-6-3-2-4-7-17/h9-10,16H,2-8H2,1H3. The first kappa shape index (κ1) is 14.6. The van der Waals surface area contributed by atoms with Gasteiger partial charge in [0.1, 0.15) is 0 Å². The van der Waals surface area contributed by atoms with E-state index in [0.717, 1.165) is 27.3 Å². The van der Waals surface area contributed by atoms with Crippen LogP contribution in [0.1, 0.15) is 37.8 Å². The van der Waals surface area contributed by atoms with Crippen LogP contribution in [0, 0.1) is 0 Å². The smallest absolute Gasteiger partial charge is 0.0991 e. The quantitative estimate of drug-likeness (QED) is 0.877. The molecule has 2 heterocycles. The van der Waals surface area contributed by atoms with Crippen LogP contribution in [0.3, 0.4) is 0 Å². The van der Waals surface area contributed by atoms with E-state index in [4.69, 9.17) is 23.2 Å². The van der Waals surface area contributed by atoms with E-state index in [1.54, 1.807) is 0 Å². The van der Waals surface area contributed by atoms with Crippen molar-refractivity contribution in [1.29, 1.82) is 0 Å². The van der Waals surface area contributed by atoms with Crippen molar-refractivity contribution in [3.05, 3.63) is 20.3 Å². The van der Waals surface area contributed by atoms with Gasteiger partial charge in [-0.3, -0.25) is 0 Å². The average molecular weight is 307 g/mol. The summed E-state index contributed by atoms with van der Waals surface area (Å²) in [5.74, 6) is 0. The zero-order valence-electron chi connectivity index (χ0n) is 10.7. The first-order valence-electron chi connectivity index (χ1n) is 6.57. The highest BCUT2D eigenvalue weighted by Crippen LogP contribution is 2.34. The second-order valence-electron chi connectivity index (χ2n) is 4.86. The Balaban J connectivity index is 1.74. The number of nitrogens with zero attached hydrogens (tertiary/aromatic N) is 1. The number of halogens is 2. The Morgan fingerprint density at radius 2 is 2.06 bits per heavy atom. The van der Waals surface area contributed by atoms with Crippen LogP contribution in [0.5, 0.6) is 0 Å². The van der Waals surface area contributed by atoms with Gasteiger partial charge in [0.2, 0.25) is 0 Å². The molecule has 2 nitrogen and oxygen atoms in total. The predicted octanol–water partition coefficient (Wildman–Crippen LogP) is 4.19. The van der Waals surface area contributed by atoms with E-state index in [1.165, 1.54) is 43.7 Å². The molecular formula is C13H20Cl2N2S. The van der Waals surface area contributed by atoms with E-state index in [9.17, 15) is 0 Å². The summed E-state index contributed by atoms with van der Waals surface area (Å²) in [6.45, 7) is 6.77. The van der Waals surface area contributed by atoms with Gasteiger partial charge in [0, 0.05) is 19.1 Å². The maximum Gasteiger partial charge on any atom is 0.0991 e. The summed E-state index contributed by atoms with van der Waals surface area (Å²) < 4.78 is 1.57. The lowest BCUT2D eigenvalue weighted by Crippen LogP contribution is -2.36. The van der Waals surface area contributed by atoms with Crippen LogP contribution in [-0.4, -0.2) is 31.1 Å². The summed E-state index contributed by atoms with van der Waals surface area (Å²) in [6.07, 6.45) is 4.09. The molecule has 0 bridgehead atoms. The molecule has 18 heavy (non-hydrogen) atoms. The van der Waals surface area contributed by atoms with Crippen LogP contribution in [0.4, 0.5) is 0 Å². The molecule has 0 radical (unpaired) electrons. The summed E-state index contributed by atoms with van der Waals surface area (Å²) >= 11 is 13.6. The van der Waals surface area contributed by atoms with Crippen molar-refractivity contribution >= 4 is 34.5 Å². The van der Waals surface area contributed by atoms with Gasteiger partial charge in [-0.05, 0) is 44.5 Å². The summed E-state index contributed by atoms with van der Waals surface area (Å²) in [6, 6.07) is 2.23. The van der Waals surface area contributed by atoms with Gasteiger partial charge >= 0.3 is 0 Å². The van der Waals surface area contributed by atoms with Crippen LogP contribution in [0.2, 0.25) is 8.67 Å². The number of rotatable bonds is 5. The van der Waals surface area contributed by atoms with E-state index in [1.807, 2.05) is 6.07 Å². The summed E-state index contributed by atoms with van der Waals surface area (Å²) in [5, 5.41) is 3.52. The minimum atomic E-state index is 0.269. The molecule has 0 aromatic carbocycles. The highest BCUT2D eigenvalue weighted by Gasteiger charge is 2.14. The van der Waals surface area contributed by atoms with E-state index in [2.05, 4.69) is 17.1 Å². The number of hydrogen-bond acceptors (Lipinski definition) is 3. The molecule has 1 unspecified atom stereocenters. The van der Waals surface area contributed by atoms with Gasteiger partial charge in [0.05, 0.1) is 8.67 Å². The Hall–Kier alpha value is 0.200. The molecule has 0 saturated carbocycles. The second kappa shape index (κ2) is 7.11. The lowest BCUT2D eigenvalue weighted by Gasteiger charge is -2.27. The molecule has 1 saturated heterocycles. The van der Waals surface area contributed by atoms with Crippen molar-refractivity contribution in [3.63, 3.8) is 0 Å². The first-order valence-corrected chi connectivity index (χ1v) is 8.14. The van der Waals surface area contributed by atoms with Crippen LogP contribution >= 0.6 is 34.5 Å². The molecule has 1 aromatic rings. The Labute approximate surface area is 123 Å². The van der Waals surface area contributed by atoms with Crippen LogP contribution in [0.15, 0.2) is 6.07 Å². The zero-order valence-corrected chi connectivity index (χ0v) is 13.0. The molecule has 0 spiro atoms. The van der Waals surface area contributed by atoms with Gasteiger partial charge in [-0.15, -0.1) is 11.3 Å². The maximum atomic E-state index is 6.15. The Kier molecular flexibility index (Phi) is 5.77. The average Bonchev–Trinajstić information content (AvgIpc) is 2.70. The molecule has 5 heteroatoms. The van der Waals surface area contributed by atoms with Crippen LogP contribution in [-0.2, 0) is 0 Å². The number of nitrogens with one attached hydrogen (secondary N) is 1. The predicted molar refractivity (Wildman–Crippen MR) is 81.0 cm³/mol. The third-order valence-electron chi connectivity index (χ3n) is 3.48. The van der Waals surface area contributed by atoms with Gasteiger partial charge in [-0.1, -0.05) is 29.6 Å². The molecule has 1 atom stereocenters. The molecular weight excluding hydrogens is 287 g/mol. The van der Waals surface area contributed by atoms with Crippen molar-refractivity contribution < 1.29 is 0 Å². The molecule has 1 N–H and O–H groups in total. The Bertz CT molecular complexity index is 375. The maximum absolute atomic E-state index is 6.15. The Morgan fingerprint density at radius 1 is 1.33 bits per heavy atom. The van der Waals surface area contributed by atoms with Gasteiger partial charge in [-0.2, -0.15) is 0 Å². The van der Waals surface area contributed by atoms with Gasteiger partial charge in [0.15, 0.2) is 0 Å². The lowest BCUT2D eigenvalue weighted by molar-refractivity contribution is 0.227. The minimum absolute atomic E-state index is 0.269. The molecule has 1 aliphatic heterocycles. The van der Waals surface area contributed by atoms with Crippen LogP contribution in [0.25, 0.3) is 0 Å². The van der Waals surface area contributed by atoms with E-state index < -0.39 is 0 Å². The topological polar surface area (TPSA) is 15.3 Å². The van der Waals surface area contributed by atoms with Crippen LogP contribution < -0.4 is 5.32 Å². The zero-order chi connectivity index (χ0) is 13.0. The largest absolute Gasteiger partial charge is 0.309 e. The molecule has 2 rings (SSSR count). The molecule has 1 fully saturated rings. The number of piperidine rings is 1.